The minimum Gasteiger partial charge on any atom is -0.456 e. The third-order valence-corrected chi connectivity index (χ3v) is 11.8. The molecule has 0 spiro atoms. The van der Waals surface area contributed by atoms with Crippen LogP contribution >= 0.6 is 11.3 Å². The summed E-state index contributed by atoms with van der Waals surface area (Å²) in [4.78, 5) is 2.42. The SMILES string of the molecule is c1ccc(-c2ccccc2-c2cccc(N(c3ccc4c(c3)sc3ccccc34)c3ccc4ccc5cc6oc7ccccc7c6cc5c4c3)c2)cc1. The largest absolute Gasteiger partial charge is 0.456 e. The Morgan fingerprint density at radius 2 is 0.981 bits per heavy atom. The molecule has 0 aliphatic carbocycles. The van der Waals surface area contributed by atoms with E-state index in [0.29, 0.717) is 0 Å². The van der Waals surface area contributed by atoms with Crippen LogP contribution in [0.4, 0.5) is 17.1 Å². The van der Waals surface area contributed by atoms with Crippen LogP contribution in [0.2, 0.25) is 0 Å². The number of thiophene rings is 1. The summed E-state index contributed by atoms with van der Waals surface area (Å²) in [6.45, 7) is 0. The van der Waals surface area contributed by atoms with E-state index in [1.165, 1.54) is 64.0 Å². The molecule has 0 aliphatic heterocycles. The minimum absolute atomic E-state index is 0.916. The molecule has 53 heavy (non-hydrogen) atoms. The fraction of sp³-hybridized carbons (Fsp3) is 0. The third-order valence-electron chi connectivity index (χ3n) is 10.6. The molecule has 0 radical (unpaired) electrons. The van der Waals surface area contributed by atoms with E-state index >= 15 is 0 Å². The van der Waals surface area contributed by atoms with Crippen molar-refractivity contribution in [3.05, 3.63) is 188 Å². The van der Waals surface area contributed by atoms with Gasteiger partial charge in [0.1, 0.15) is 11.2 Å². The van der Waals surface area contributed by atoms with E-state index in [-0.39, 0.29) is 0 Å². The van der Waals surface area contributed by atoms with E-state index in [2.05, 4.69) is 181 Å². The molecule has 9 aromatic carbocycles. The molecular formula is C50H31NOS. The number of hydrogen-bond donors (Lipinski definition) is 0. The smallest absolute Gasteiger partial charge is 0.136 e. The van der Waals surface area contributed by atoms with Crippen LogP contribution in [0.5, 0.6) is 0 Å². The number of nitrogens with zero attached hydrogens (tertiary/aromatic N) is 1. The lowest BCUT2D eigenvalue weighted by atomic mass is 9.94. The molecular weight excluding hydrogens is 663 g/mol. The maximum absolute atomic E-state index is 6.28. The molecule has 2 nitrogen and oxygen atoms in total. The van der Waals surface area contributed by atoms with E-state index in [9.17, 15) is 0 Å². The fourth-order valence-corrected chi connectivity index (χ4v) is 9.26. The number of anilines is 3. The maximum atomic E-state index is 6.28. The van der Waals surface area contributed by atoms with E-state index in [1.807, 2.05) is 23.5 Å². The number of para-hydroxylation sites is 1. The normalized spacial score (nSPS) is 11.8. The maximum Gasteiger partial charge on any atom is 0.136 e. The highest BCUT2D eigenvalue weighted by Crippen LogP contribution is 2.44. The van der Waals surface area contributed by atoms with Gasteiger partial charge in [-0.15, -0.1) is 11.3 Å². The molecule has 2 heterocycles. The minimum atomic E-state index is 0.916. The van der Waals surface area contributed by atoms with Gasteiger partial charge in [0.15, 0.2) is 0 Å². The molecule has 11 rings (SSSR count). The standard InChI is InChI=1S/C50H31NOS/c1-2-11-32(12-3-1)39-15-4-5-16-40(39)34-13-10-14-36(27-34)51(38-25-26-43-42-18-7-9-20-49(42)53-50(43)30-38)37-24-23-33-21-22-35-28-48-46(31-45(35)44(33)29-37)41-17-6-8-19-47(41)52-48/h1-31H. The van der Waals surface area contributed by atoms with Crippen LogP contribution in [0.1, 0.15) is 0 Å². The molecule has 2 aromatic heterocycles. The molecule has 0 saturated heterocycles. The third kappa shape index (κ3) is 4.93. The lowest BCUT2D eigenvalue weighted by Gasteiger charge is -2.27. The molecule has 0 aliphatic rings. The van der Waals surface area contributed by atoms with Gasteiger partial charge in [-0.1, -0.05) is 127 Å². The van der Waals surface area contributed by atoms with Crippen LogP contribution in [0.15, 0.2) is 192 Å². The molecule has 0 fully saturated rings. The highest BCUT2D eigenvalue weighted by atomic mass is 32.1. The summed E-state index contributed by atoms with van der Waals surface area (Å²) in [5.41, 5.74) is 9.99. The second kappa shape index (κ2) is 11.9. The average molecular weight is 694 g/mol. The van der Waals surface area contributed by atoms with Crippen LogP contribution in [-0.2, 0) is 0 Å². The van der Waals surface area contributed by atoms with E-state index in [1.54, 1.807) is 0 Å². The Labute approximate surface area is 310 Å². The lowest BCUT2D eigenvalue weighted by Crippen LogP contribution is -2.10. The van der Waals surface area contributed by atoms with Crippen LogP contribution in [0.25, 0.3) is 85.9 Å². The van der Waals surface area contributed by atoms with Crippen LogP contribution in [0, 0.1) is 0 Å². The predicted molar refractivity (Wildman–Crippen MR) is 227 cm³/mol. The van der Waals surface area contributed by atoms with Gasteiger partial charge in [-0.25, -0.2) is 0 Å². The van der Waals surface area contributed by atoms with E-state index in [4.69, 9.17) is 4.42 Å². The summed E-state index contributed by atoms with van der Waals surface area (Å²) >= 11 is 1.85. The zero-order valence-electron chi connectivity index (χ0n) is 28.7. The first-order chi connectivity index (χ1) is 26.2. The summed E-state index contributed by atoms with van der Waals surface area (Å²) in [6, 6.07) is 68.2. The Bertz CT molecular complexity index is 3190. The second-order valence-electron chi connectivity index (χ2n) is 13.7. The Balaban J connectivity index is 1.14. The zero-order valence-corrected chi connectivity index (χ0v) is 29.5. The molecule has 248 valence electrons. The Morgan fingerprint density at radius 3 is 1.89 bits per heavy atom. The molecule has 0 amide bonds. The summed E-state index contributed by atoms with van der Waals surface area (Å²) < 4.78 is 8.87. The van der Waals surface area contributed by atoms with Crippen molar-refractivity contribution in [3.8, 4) is 22.3 Å². The molecule has 0 atom stereocenters. The van der Waals surface area contributed by atoms with Gasteiger partial charge in [0.05, 0.1) is 0 Å². The predicted octanol–water partition coefficient (Wildman–Crippen LogP) is 15.1. The van der Waals surface area contributed by atoms with Crippen molar-refractivity contribution in [2.24, 2.45) is 0 Å². The first kappa shape index (κ1) is 30.0. The van der Waals surface area contributed by atoms with Gasteiger partial charge in [-0.2, -0.15) is 0 Å². The van der Waals surface area contributed by atoms with Gasteiger partial charge in [-0.05, 0) is 104 Å². The van der Waals surface area contributed by atoms with Gasteiger partial charge >= 0.3 is 0 Å². The van der Waals surface area contributed by atoms with Crippen molar-refractivity contribution in [3.63, 3.8) is 0 Å². The highest BCUT2D eigenvalue weighted by molar-refractivity contribution is 7.25. The van der Waals surface area contributed by atoms with Crippen molar-refractivity contribution in [2.45, 2.75) is 0 Å². The van der Waals surface area contributed by atoms with Crippen LogP contribution < -0.4 is 4.90 Å². The molecule has 0 unspecified atom stereocenters. The zero-order chi connectivity index (χ0) is 34.9. The topological polar surface area (TPSA) is 16.4 Å². The molecule has 0 N–H and O–H groups in total. The van der Waals surface area contributed by atoms with Crippen molar-refractivity contribution < 1.29 is 4.42 Å². The van der Waals surface area contributed by atoms with E-state index < -0.39 is 0 Å². The summed E-state index contributed by atoms with van der Waals surface area (Å²) in [6.07, 6.45) is 0. The monoisotopic (exact) mass is 693 g/mol. The van der Waals surface area contributed by atoms with Crippen molar-refractivity contribution >= 4 is 92.1 Å². The summed E-state index contributed by atoms with van der Waals surface area (Å²) in [7, 11) is 0. The Hall–Kier alpha value is -6.68. The molecule has 11 aromatic rings. The lowest BCUT2D eigenvalue weighted by molar-refractivity contribution is 0.669. The van der Waals surface area contributed by atoms with Crippen LogP contribution in [-0.4, -0.2) is 0 Å². The second-order valence-corrected chi connectivity index (χ2v) is 14.8. The highest BCUT2D eigenvalue weighted by Gasteiger charge is 2.18. The van der Waals surface area contributed by atoms with Gasteiger partial charge < -0.3 is 9.32 Å². The number of hydrogen-bond acceptors (Lipinski definition) is 3. The quantitative estimate of drug-likeness (QED) is 0.167. The van der Waals surface area contributed by atoms with Crippen molar-refractivity contribution in [2.75, 3.05) is 4.90 Å². The first-order valence-corrected chi connectivity index (χ1v) is 18.8. The summed E-state index contributed by atoms with van der Waals surface area (Å²) in [5, 5.41) is 9.68. The van der Waals surface area contributed by atoms with Gasteiger partial charge in [0.25, 0.3) is 0 Å². The van der Waals surface area contributed by atoms with Crippen LogP contribution in [0.3, 0.4) is 0 Å². The van der Waals surface area contributed by atoms with Gasteiger partial charge in [0, 0.05) is 48.0 Å². The Kier molecular flexibility index (Phi) is 6.76. The van der Waals surface area contributed by atoms with E-state index in [0.717, 1.165) is 39.0 Å². The van der Waals surface area contributed by atoms with Crippen molar-refractivity contribution in [1.82, 2.24) is 0 Å². The molecule has 3 heteroatoms. The average Bonchev–Trinajstić information content (AvgIpc) is 3.78. The van der Waals surface area contributed by atoms with Crippen molar-refractivity contribution in [1.29, 1.82) is 0 Å². The number of rotatable bonds is 5. The van der Waals surface area contributed by atoms with Gasteiger partial charge in [0.2, 0.25) is 0 Å². The Morgan fingerprint density at radius 1 is 0.340 bits per heavy atom. The first-order valence-electron chi connectivity index (χ1n) is 18.0. The summed E-state index contributed by atoms with van der Waals surface area (Å²) in [5.74, 6) is 0. The molecule has 0 bridgehead atoms. The fourth-order valence-electron chi connectivity index (χ4n) is 8.12. The van der Waals surface area contributed by atoms with Gasteiger partial charge in [-0.3, -0.25) is 0 Å². The number of furan rings is 1. The number of benzene rings is 9. The number of fused-ring (bicyclic) bond motifs is 9. The molecule has 0 saturated carbocycles.